The summed E-state index contributed by atoms with van der Waals surface area (Å²) in [6, 6.07) is 2.83. The second kappa shape index (κ2) is 3.02. The molecule has 2 aromatic rings. The second-order valence-corrected chi connectivity index (χ2v) is 2.81. The molecule has 0 aliphatic heterocycles. The zero-order chi connectivity index (χ0) is 10.1. The van der Waals surface area contributed by atoms with Gasteiger partial charge in [-0.3, -0.25) is 4.79 Å². The maximum absolute atomic E-state index is 11.1. The van der Waals surface area contributed by atoms with Crippen molar-refractivity contribution in [2.24, 2.45) is 0 Å². The summed E-state index contributed by atoms with van der Waals surface area (Å²) in [4.78, 5) is 24.9. The lowest BCUT2D eigenvalue weighted by atomic mass is 10.5. The van der Waals surface area contributed by atoms with E-state index in [4.69, 9.17) is 0 Å². The quantitative estimate of drug-likeness (QED) is 0.666. The summed E-state index contributed by atoms with van der Waals surface area (Å²) in [6.07, 6.45) is 3.15. The molecular formula is C9H8N2O3. The van der Waals surface area contributed by atoms with Gasteiger partial charge < -0.3 is 14.1 Å². The number of aromatic nitrogens is 2. The number of aromatic amines is 1. The number of rotatable bonds is 1. The molecule has 0 aliphatic rings. The number of ether oxygens (including phenoxy) is 1. The van der Waals surface area contributed by atoms with Crippen molar-refractivity contribution in [3.8, 4) is 0 Å². The van der Waals surface area contributed by atoms with E-state index in [1.165, 1.54) is 19.2 Å². The highest BCUT2D eigenvalue weighted by molar-refractivity contribution is 5.87. The summed E-state index contributed by atoms with van der Waals surface area (Å²) in [5.41, 5.74) is 0.777. The summed E-state index contributed by atoms with van der Waals surface area (Å²) in [7, 11) is 1.30. The number of esters is 1. The van der Waals surface area contributed by atoms with Crippen LogP contribution in [0.4, 0.5) is 0 Å². The van der Waals surface area contributed by atoms with E-state index in [0.717, 1.165) is 0 Å². The molecule has 0 aromatic carbocycles. The first-order valence-electron chi connectivity index (χ1n) is 4.00. The van der Waals surface area contributed by atoms with Crippen molar-refractivity contribution in [3.05, 3.63) is 40.4 Å². The van der Waals surface area contributed by atoms with Gasteiger partial charge in [-0.05, 0) is 0 Å². The molecule has 0 aliphatic carbocycles. The minimum atomic E-state index is -0.457. The number of pyridine rings is 1. The van der Waals surface area contributed by atoms with Gasteiger partial charge in [-0.15, -0.1) is 0 Å². The molecule has 0 amide bonds. The van der Waals surface area contributed by atoms with E-state index in [-0.39, 0.29) is 5.43 Å². The first-order chi connectivity index (χ1) is 6.70. The Morgan fingerprint density at radius 1 is 1.57 bits per heavy atom. The van der Waals surface area contributed by atoms with Gasteiger partial charge in [0.1, 0.15) is 11.3 Å². The third-order valence-electron chi connectivity index (χ3n) is 1.89. The third kappa shape index (κ3) is 1.28. The largest absolute Gasteiger partial charge is 0.464 e. The molecule has 5 nitrogen and oxygen atoms in total. The lowest BCUT2D eigenvalue weighted by Gasteiger charge is -1.90. The second-order valence-electron chi connectivity index (χ2n) is 2.81. The highest BCUT2D eigenvalue weighted by atomic mass is 16.5. The number of carbonyl (C=O) groups excluding carboxylic acids is 1. The average molecular weight is 192 g/mol. The number of hydrogen-bond acceptors (Lipinski definition) is 3. The fraction of sp³-hybridized carbons (Fsp3) is 0.111. The van der Waals surface area contributed by atoms with Gasteiger partial charge in [-0.1, -0.05) is 0 Å². The molecule has 0 saturated heterocycles. The van der Waals surface area contributed by atoms with Crippen molar-refractivity contribution < 1.29 is 9.53 Å². The standard InChI is InChI=1S/C9H8N2O3/c1-14-9(13)7-5-11-3-2-6(12)4-8(11)10-7/h2-5,10H,1H3. The van der Waals surface area contributed by atoms with Crippen molar-refractivity contribution in [2.75, 3.05) is 7.11 Å². The van der Waals surface area contributed by atoms with Crippen LogP contribution >= 0.6 is 0 Å². The molecule has 0 bridgehead atoms. The molecule has 5 heteroatoms. The molecule has 72 valence electrons. The van der Waals surface area contributed by atoms with Crippen molar-refractivity contribution >= 4 is 11.6 Å². The van der Waals surface area contributed by atoms with Crippen LogP contribution in [0.3, 0.4) is 0 Å². The van der Waals surface area contributed by atoms with E-state index in [9.17, 15) is 9.59 Å². The van der Waals surface area contributed by atoms with Gasteiger partial charge in [-0.25, -0.2) is 4.79 Å². The summed E-state index contributed by atoms with van der Waals surface area (Å²) < 4.78 is 6.18. The smallest absolute Gasteiger partial charge is 0.356 e. The Kier molecular flexibility index (Phi) is 1.85. The predicted molar refractivity (Wildman–Crippen MR) is 49.4 cm³/mol. The van der Waals surface area contributed by atoms with Crippen LogP contribution in [0, 0.1) is 0 Å². The fourth-order valence-electron chi connectivity index (χ4n) is 1.23. The summed E-state index contributed by atoms with van der Waals surface area (Å²) >= 11 is 0. The van der Waals surface area contributed by atoms with E-state index in [1.54, 1.807) is 16.8 Å². The van der Waals surface area contributed by atoms with Crippen LogP contribution in [0.5, 0.6) is 0 Å². The number of methoxy groups -OCH3 is 1. The van der Waals surface area contributed by atoms with E-state index >= 15 is 0 Å². The van der Waals surface area contributed by atoms with Crippen molar-refractivity contribution in [1.29, 1.82) is 0 Å². The maximum Gasteiger partial charge on any atom is 0.356 e. The van der Waals surface area contributed by atoms with Crippen molar-refractivity contribution in [3.63, 3.8) is 0 Å². The number of imidazole rings is 1. The zero-order valence-corrected chi connectivity index (χ0v) is 7.48. The van der Waals surface area contributed by atoms with Crippen molar-refractivity contribution in [2.45, 2.75) is 0 Å². The van der Waals surface area contributed by atoms with E-state index in [2.05, 4.69) is 9.72 Å². The lowest BCUT2D eigenvalue weighted by molar-refractivity contribution is 0.0595. The number of fused-ring (bicyclic) bond motifs is 1. The molecule has 2 rings (SSSR count). The molecule has 14 heavy (non-hydrogen) atoms. The number of nitrogens with one attached hydrogen (secondary N) is 1. The zero-order valence-electron chi connectivity index (χ0n) is 7.48. The number of H-pyrrole nitrogens is 1. The Hall–Kier alpha value is -2.04. The Bertz CT molecular complexity index is 538. The predicted octanol–water partition coefficient (Wildman–Crippen LogP) is 0.414. The Balaban J connectivity index is 2.62. The molecule has 0 fully saturated rings. The van der Waals surface area contributed by atoms with Crippen LogP contribution in [0.25, 0.3) is 5.65 Å². The average Bonchev–Trinajstić information content (AvgIpc) is 2.59. The highest BCUT2D eigenvalue weighted by Gasteiger charge is 2.08. The van der Waals surface area contributed by atoms with Gasteiger partial charge in [0.2, 0.25) is 0 Å². The minimum Gasteiger partial charge on any atom is -0.464 e. The molecule has 0 radical (unpaired) electrons. The van der Waals surface area contributed by atoms with Gasteiger partial charge in [0.25, 0.3) is 0 Å². The first kappa shape index (κ1) is 8.55. The molecule has 0 saturated carbocycles. The summed E-state index contributed by atoms with van der Waals surface area (Å²) in [6.45, 7) is 0. The van der Waals surface area contributed by atoms with Crippen LogP contribution in [-0.2, 0) is 4.74 Å². The van der Waals surface area contributed by atoms with Crippen LogP contribution in [-0.4, -0.2) is 22.5 Å². The molecule has 2 aromatic heterocycles. The third-order valence-corrected chi connectivity index (χ3v) is 1.89. The highest BCUT2D eigenvalue weighted by Crippen LogP contribution is 2.03. The molecule has 0 unspecified atom stereocenters. The van der Waals surface area contributed by atoms with Gasteiger partial charge in [0.15, 0.2) is 5.43 Å². The monoisotopic (exact) mass is 192 g/mol. The van der Waals surface area contributed by atoms with Gasteiger partial charge in [0.05, 0.1) is 7.11 Å². The molecule has 2 heterocycles. The minimum absolute atomic E-state index is 0.108. The normalized spacial score (nSPS) is 10.4. The maximum atomic E-state index is 11.1. The van der Waals surface area contributed by atoms with Crippen molar-refractivity contribution in [1.82, 2.24) is 9.38 Å². The number of nitrogens with zero attached hydrogens (tertiary/aromatic N) is 1. The van der Waals surface area contributed by atoms with Crippen LogP contribution < -0.4 is 5.43 Å². The molecule has 0 atom stereocenters. The summed E-state index contributed by atoms with van der Waals surface area (Å²) in [5, 5.41) is 0. The fourth-order valence-corrected chi connectivity index (χ4v) is 1.23. The lowest BCUT2D eigenvalue weighted by Crippen LogP contribution is -2.00. The van der Waals surface area contributed by atoms with Gasteiger partial charge >= 0.3 is 5.97 Å². The number of hydrogen-bond donors (Lipinski definition) is 1. The molecule has 1 N–H and O–H groups in total. The van der Waals surface area contributed by atoms with Gasteiger partial charge in [-0.2, -0.15) is 0 Å². The van der Waals surface area contributed by atoms with Crippen LogP contribution in [0.15, 0.2) is 29.3 Å². The van der Waals surface area contributed by atoms with E-state index in [1.807, 2.05) is 0 Å². The van der Waals surface area contributed by atoms with Gasteiger partial charge in [0, 0.05) is 24.5 Å². The molecular weight excluding hydrogens is 184 g/mol. The SMILES string of the molecule is COC(=O)c1cn2ccc(=O)cc2[nH]1. The molecule has 0 spiro atoms. The number of carbonyl (C=O) groups is 1. The first-order valence-corrected chi connectivity index (χ1v) is 4.00. The Morgan fingerprint density at radius 2 is 2.36 bits per heavy atom. The Labute approximate surface area is 78.9 Å². The van der Waals surface area contributed by atoms with E-state index in [0.29, 0.717) is 11.3 Å². The Morgan fingerprint density at radius 3 is 3.07 bits per heavy atom. The van der Waals surface area contributed by atoms with Crippen LogP contribution in [0.2, 0.25) is 0 Å². The summed E-state index contributed by atoms with van der Waals surface area (Å²) in [5.74, 6) is -0.457. The topological polar surface area (TPSA) is 63.6 Å². The van der Waals surface area contributed by atoms with E-state index < -0.39 is 5.97 Å². The van der Waals surface area contributed by atoms with Crippen LogP contribution in [0.1, 0.15) is 10.5 Å².